The molecule has 0 heterocycles. The van der Waals surface area contributed by atoms with Crippen molar-refractivity contribution in [2.75, 3.05) is 0 Å². The zero-order valence-electron chi connectivity index (χ0n) is 13.2. The molecule has 23 heavy (non-hydrogen) atoms. The molecule has 1 aromatic carbocycles. The van der Waals surface area contributed by atoms with Gasteiger partial charge < -0.3 is 15.2 Å². The molecule has 2 aliphatic carbocycles. The Balaban J connectivity index is 1.59. The standard InChI is InChI=1S/C18H23NO4/c20-16(21)15(14-8-4-5-9-18(14)10-11-18)19-17(22)23-12-13-6-2-1-3-7-13/h1-3,6-7,14-15H,4-5,8-12H2,(H,19,22)(H,20,21). The van der Waals surface area contributed by atoms with Gasteiger partial charge in [-0.25, -0.2) is 9.59 Å². The highest BCUT2D eigenvalue weighted by atomic mass is 16.5. The Morgan fingerprint density at radius 3 is 2.61 bits per heavy atom. The van der Waals surface area contributed by atoms with Crippen LogP contribution in [0.2, 0.25) is 0 Å². The highest BCUT2D eigenvalue weighted by Crippen LogP contribution is 2.60. The van der Waals surface area contributed by atoms with Crippen molar-refractivity contribution < 1.29 is 19.4 Å². The lowest BCUT2D eigenvalue weighted by Crippen LogP contribution is -2.49. The van der Waals surface area contributed by atoms with Gasteiger partial charge in [0.05, 0.1) is 0 Å². The Bertz CT molecular complexity index is 568. The number of alkyl carbamates (subject to hydrolysis) is 1. The average Bonchev–Trinajstić information content (AvgIpc) is 3.32. The molecule has 0 saturated heterocycles. The fourth-order valence-corrected chi connectivity index (χ4v) is 3.86. The zero-order valence-corrected chi connectivity index (χ0v) is 13.2. The molecular formula is C18H23NO4. The lowest BCUT2D eigenvalue weighted by atomic mass is 9.72. The van der Waals surface area contributed by atoms with Gasteiger partial charge in [-0.3, -0.25) is 0 Å². The molecule has 1 amide bonds. The third-order valence-corrected chi connectivity index (χ3v) is 5.27. The number of carboxylic acids is 1. The van der Waals surface area contributed by atoms with Crippen molar-refractivity contribution in [3.05, 3.63) is 35.9 Å². The predicted octanol–water partition coefficient (Wildman–Crippen LogP) is 3.34. The van der Waals surface area contributed by atoms with Crippen LogP contribution in [-0.2, 0) is 16.1 Å². The number of nitrogens with one attached hydrogen (secondary N) is 1. The molecule has 1 spiro atoms. The van der Waals surface area contributed by atoms with Gasteiger partial charge in [0.15, 0.2) is 0 Å². The monoisotopic (exact) mass is 317 g/mol. The summed E-state index contributed by atoms with van der Waals surface area (Å²) in [5.41, 5.74) is 1.03. The van der Waals surface area contributed by atoms with E-state index in [1.54, 1.807) is 0 Å². The minimum absolute atomic E-state index is 0.0259. The van der Waals surface area contributed by atoms with E-state index in [2.05, 4.69) is 5.32 Å². The molecule has 0 aliphatic heterocycles. The predicted molar refractivity (Wildman–Crippen MR) is 84.8 cm³/mol. The van der Waals surface area contributed by atoms with E-state index in [1.165, 1.54) is 6.42 Å². The number of ether oxygens (including phenoxy) is 1. The van der Waals surface area contributed by atoms with Gasteiger partial charge in [0.25, 0.3) is 0 Å². The molecule has 2 atom stereocenters. The second-order valence-electron chi connectivity index (χ2n) is 6.74. The molecule has 2 saturated carbocycles. The Morgan fingerprint density at radius 1 is 1.22 bits per heavy atom. The first-order chi connectivity index (χ1) is 11.1. The first kappa shape index (κ1) is 15.8. The summed E-state index contributed by atoms with van der Waals surface area (Å²) in [6, 6.07) is 8.51. The summed E-state index contributed by atoms with van der Waals surface area (Å²) in [7, 11) is 0. The molecule has 2 N–H and O–H groups in total. The molecule has 0 radical (unpaired) electrons. The van der Waals surface area contributed by atoms with Crippen LogP contribution in [0, 0.1) is 11.3 Å². The number of rotatable bonds is 5. The first-order valence-electron chi connectivity index (χ1n) is 8.31. The summed E-state index contributed by atoms with van der Waals surface area (Å²) in [6.07, 6.45) is 5.68. The largest absolute Gasteiger partial charge is 0.480 e. The van der Waals surface area contributed by atoms with Crippen LogP contribution in [-0.4, -0.2) is 23.2 Å². The van der Waals surface area contributed by atoms with Crippen molar-refractivity contribution in [1.29, 1.82) is 0 Å². The maximum Gasteiger partial charge on any atom is 0.408 e. The van der Waals surface area contributed by atoms with Gasteiger partial charge in [-0.2, -0.15) is 0 Å². The van der Waals surface area contributed by atoms with E-state index < -0.39 is 18.1 Å². The third-order valence-electron chi connectivity index (χ3n) is 5.27. The lowest BCUT2D eigenvalue weighted by Gasteiger charge is -2.35. The van der Waals surface area contributed by atoms with E-state index in [1.807, 2.05) is 30.3 Å². The highest BCUT2D eigenvalue weighted by molar-refractivity contribution is 5.80. The van der Waals surface area contributed by atoms with Gasteiger partial charge in [-0.1, -0.05) is 43.2 Å². The molecule has 1 aromatic rings. The number of carbonyl (C=O) groups excluding carboxylic acids is 1. The van der Waals surface area contributed by atoms with Gasteiger partial charge in [0.2, 0.25) is 0 Å². The summed E-state index contributed by atoms with van der Waals surface area (Å²) in [6.45, 7) is 0.148. The number of benzene rings is 1. The summed E-state index contributed by atoms with van der Waals surface area (Å²) < 4.78 is 5.17. The van der Waals surface area contributed by atoms with E-state index in [9.17, 15) is 14.7 Å². The number of amides is 1. The number of hydrogen-bond acceptors (Lipinski definition) is 3. The Kier molecular flexibility index (Phi) is 4.55. The molecule has 5 nitrogen and oxygen atoms in total. The Hall–Kier alpha value is -2.04. The normalized spacial score (nSPS) is 23.0. The Morgan fingerprint density at radius 2 is 1.96 bits per heavy atom. The van der Waals surface area contributed by atoms with Crippen molar-refractivity contribution in [3.8, 4) is 0 Å². The quantitative estimate of drug-likeness (QED) is 0.873. The van der Waals surface area contributed by atoms with E-state index in [4.69, 9.17) is 4.74 Å². The molecule has 5 heteroatoms. The average molecular weight is 317 g/mol. The van der Waals surface area contributed by atoms with Crippen LogP contribution >= 0.6 is 0 Å². The third kappa shape index (κ3) is 3.66. The molecule has 2 fully saturated rings. The zero-order chi connectivity index (χ0) is 16.3. The van der Waals surface area contributed by atoms with Crippen LogP contribution in [0.15, 0.2) is 30.3 Å². The SMILES string of the molecule is O=C(NC(C(=O)O)C1CCCCC12CC2)OCc1ccccc1. The molecular weight excluding hydrogens is 294 g/mol. The topological polar surface area (TPSA) is 75.6 Å². The van der Waals surface area contributed by atoms with Gasteiger partial charge in [-0.15, -0.1) is 0 Å². The van der Waals surface area contributed by atoms with Crippen LogP contribution in [0.5, 0.6) is 0 Å². The van der Waals surface area contributed by atoms with Gasteiger partial charge in [0.1, 0.15) is 12.6 Å². The molecule has 124 valence electrons. The summed E-state index contributed by atoms with van der Waals surface area (Å²) in [5.74, 6) is -0.933. The van der Waals surface area contributed by atoms with Crippen molar-refractivity contribution >= 4 is 12.1 Å². The minimum Gasteiger partial charge on any atom is -0.480 e. The molecule has 0 aromatic heterocycles. The number of hydrogen-bond donors (Lipinski definition) is 2. The van der Waals surface area contributed by atoms with Crippen LogP contribution in [0.25, 0.3) is 0 Å². The highest BCUT2D eigenvalue weighted by Gasteiger charge is 2.54. The number of carbonyl (C=O) groups is 2. The maximum atomic E-state index is 12.0. The van der Waals surface area contributed by atoms with E-state index in [0.29, 0.717) is 0 Å². The molecule has 0 bridgehead atoms. The van der Waals surface area contributed by atoms with Gasteiger partial charge in [0, 0.05) is 0 Å². The van der Waals surface area contributed by atoms with Crippen molar-refractivity contribution in [3.63, 3.8) is 0 Å². The fourth-order valence-electron chi connectivity index (χ4n) is 3.86. The molecule has 2 aliphatic rings. The Labute approximate surface area is 136 Å². The van der Waals surface area contributed by atoms with E-state index in [0.717, 1.165) is 37.7 Å². The van der Waals surface area contributed by atoms with Crippen molar-refractivity contribution in [2.24, 2.45) is 11.3 Å². The van der Waals surface area contributed by atoms with E-state index >= 15 is 0 Å². The van der Waals surface area contributed by atoms with E-state index in [-0.39, 0.29) is 17.9 Å². The lowest BCUT2D eigenvalue weighted by molar-refractivity contribution is -0.142. The van der Waals surface area contributed by atoms with Crippen molar-refractivity contribution in [2.45, 2.75) is 51.2 Å². The minimum atomic E-state index is -0.958. The maximum absolute atomic E-state index is 12.0. The molecule has 3 rings (SSSR count). The van der Waals surface area contributed by atoms with Crippen LogP contribution in [0.4, 0.5) is 4.79 Å². The molecule has 2 unspecified atom stereocenters. The fraction of sp³-hybridized carbons (Fsp3) is 0.556. The summed E-state index contributed by atoms with van der Waals surface area (Å²) in [5, 5.41) is 12.1. The summed E-state index contributed by atoms with van der Waals surface area (Å²) >= 11 is 0. The van der Waals surface area contributed by atoms with Gasteiger partial charge in [-0.05, 0) is 42.6 Å². The first-order valence-corrected chi connectivity index (χ1v) is 8.31. The van der Waals surface area contributed by atoms with Crippen LogP contribution < -0.4 is 5.32 Å². The smallest absolute Gasteiger partial charge is 0.408 e. The summed E-state index contributed by atoms with van der Waals surface area (Å²) in [4.78, 5) is 23.7. The second kappa shape index (κ2) is 6.60. The number of aliphatic carboxylic acids is 1. The van der Waals surface area contributed by atoms with Gasteiger partial charge >= 0.3 is 12.1 Å². The van der Waals surface area contributed by atoms with Crippen molar-refractivity contribution in [1.82, 2.24) is 5.32 Å². The van der Waals surface area contributed by atoms with Crippen LogP contribution in [0.1, 0.15) is 44.1 Å². The second-order valence-corrected chi connectivity index (χ2v) is 6.74. The number of carboxylic acid groups (broad SMARTS) is 1. The van der Waals surface area contributed by atoms with Crippen LogP contribution in [0.3, 0.4) is 0 Å².